The molecule has 0 fully saturated rings. The number of hydrogen-bond donors (Lipinski definition) is 0. The van der Waals surface area contributed by atoms with Crippen LogP contribution in [0.25, 0.3) is 0 Å². The molecular formula is C24H27N3O6S2. The molecule has 0 N–H and O–H groups in total. The standard InChI is InChI=1S/C24H27N3O6S2/c1-19-8-11-22(34-19)17-25(16-20-6-4-3-5-7-20)24(28)18-26(14-15-33-2)35(31,32)23-12-9-21(10-13-23)27(29)30/h3-13H,14-18H2,1-2H3. The van der Waals surface area contributed by atoms with Crippen LogP contribution in [0.15, 0.2) is 71.6 Å². The first kappa shape index (κ1) is 26.5. The van der Waals surface area contributed by atoms with Crippen LogP contribution in [0.4, 0.5) is 5.69 Å². The van der Waals surface area contributed by atoms with Gasteiger partial charge in [0.05, 0.1) is 29.5 Å². The molecule has 0 unspecified atom stereocenters. The Labute approximate surface area is 208 Å². The molecule has 9 nitrogen and oxygen atoms in total. The number of carbonyl (C=O) groups excluding carboxylic acids is 1. The molecule has 0 bridgehead atoms. The van der Waals surface area contributed by atoms with Gasteiger partial charge in [-0.3, -0.25) is 14.9 Å². The molecule has 3 aromatic rings. The normalized spacial score (nSPS) is 11.5. The highest BCUT2D eigenvalue weighted by Gasteiger charge is 2.29. The molecular weight excluding hydrogens is 490 g/mol. The quantitative estimate of drug-likeness (QED) is 0.267. The molecule has 11 heteroatoms. The summed E-state index contributed by atoms with van der Waals surface area (Å²) < 4.78 is 32.8. The van der Waals surface area contributed by atoms with E-state index in [1.165, 1.54) is 19.2 Å². The van der Waals surface area contributed by atoms with Crippen molar-refractivity contribution < 1.29 is 22.9 Å². The van der Waals surface area contributed by atoms with E-state index in [1.54, 1.807) is 16.2 Å². The molecule has 1 heterocycles. The van der Waals surface area contributed by atoms with E-state index in [4.69, 9.17) is 4.74 Å². The minimum absolute atomic E-state index is 0.0428. The molecule has 0 saturated heterocycles. The van der Waals surface area contributed by atoms with Crippen molar-refractivity contribution in [2.24, 2.45) is 0 Å². The highest BCUT2D eigenvalue weighted by molar-refractivity contribution is 7.89. The molecule has 1 amide bonds. The number of nitrogens with zero attached hydrogens (tertiary/aromatic N) is 3. The number of nitro groups is 1. The third kappa shape index (κ3) is 7.18. The zero-order valence-corrected chi connectivity index (χ0v) is 21.1. The molecule has 0 spiro atoms. The van der Waals surface area contributed by atoms with Gasteiger partial charge in [-0.05, 0) is 36.8 Å². The molecule has 0 aliphatic carbocycles. The number of methoxy groups -OCH3 is 1. The van der Waals surface area contributed by atoms with Gasteiger partial charge in [-0.1, -0.05) is 30.3 Å². The van der Waals surface area contributed by atoms with E-state index in [0.29, 0.717) is 13.1 Å². The maximum Gasteiger partial charge on any atom is 0.269 e. The Morgan fingerprint density at radius 3 is 2.29 bits per heavy atom. The summed E-state index contributed by atoms with van der Waals surface area (Å²) >= 11 is 1.58. The molecule has 186 valence electrons. The fourth-order valence-electron chi connectivity index (χ4n) is 3.41. The molecule has 0 saturated carbocycles. The predicted octanol–water partition coefficient (Wildman–Crippen LogP) is 3.83. The zero-order chi connectivity index (χ0) is 25.4. The lowest BCUT2D eigenvalue weighted by Gasteiger charge is -2.27. The van der Waals surface area contributed by atoms with E-state index in [0.717, 1.165) is 31.8 Å². The summed E-state index contributed by atoms with van der Waals surface area (Å²) in [7, 11) is -2.66. The van der Waals surface area contributed by atoms with E-state index in [9.17, 15) is 23.3 Å². The van der Waals surface area contributed by atoms with Crippen molar-refractivity contribution in [2.45, 2.75) is 24.9 Å². The SMILES string of the molecule is COCCN(CC(=O)N(Cc1ccccc1)Cc1ccc(C)s1)S(=O)(=O)c1ccc([N+](=O)[O-])cc1. The Morgan fingerprint density at radius 1 is 1.03 bits per heavy atom. The summed E-state index contributed by atoms with van der Waals surface area (Å²) in [6.45, 7) is 2.32. The zero-order valence-electron chi connectivity index (χ0n) is 19.5. The van der Waals surface area contributed by atoms with Gasteiger partial charge in [0.2, 0.25) is 15.9 Å². The van der Waals surface area contributed by atoms with E-state index in [1.807, 2.05) is 49.4 Å². The third-order valence-electron chi connectivity index (χ3n) is 5.25. The Kier molecular flexibility index (Phi) is 9.10. The van der Waals surface area contributed by atoms with Crippen LogP contribution in [0.1, 0.15) is 15.3 Å². The first-order valence-electron chi connectivity index (χ1n) is 10.8. The summed E-state index contributed by atoms with van der Waals surface area (Å²) in [4.78, 5) is 27.4. The highest BCUT2D eigenvalue weighted by Crippen LogP contribution is 2.22. The molecule has 0 atom stereocenters. The molecule has 0 aliphatic rings. The summed E-state index contributed by atoms with van der Waals surface area (Å²) in [5.41, 5.74) is 0.708. The van der Waals surface area contributed by atoms with Gasteiger partial charge in [0.15, 0.2) is 0 Å². The van der Waals surface area contributed by atoms with E-state index in [-0.39, 0.29) is 36.2 Å². The number of aryl methyl sites for hydroxylation is 1. The van der Waals surface area contributed by atoms with Crippen LogP contribution < -0.4 is 0 Å². The molecule has 0 radical (unpaired) electrons. The smallest absolute Gasteiger partial charge is 0.269 e. The summed E-state index contributed by atoms with van der Waals surface area (Å²) in [5, 5.41) is 10.9. The van der Waals surface area contributed by atoms with Gasteiger partial charge in [0.1, 0.15) is 0 Å². The van der Waals surface area contributed by atoms with Gasteiger partial charge in [0, 0.05) is 42.1 Å². The average molecular weight is 518 g/mol. The molecule has 2 aromatic carbocycles. The van der Waals surface area contributed by atoms with E-state index < -0.39 is 14.9 Å². The van der Waals surface area contributed by atoms with Crippen LogP contribution >= 0.6 is 11.3 Å². The Balaban J connectivity index is 1.86. The number of rotatable bonds is 12. The Bertz CT molecular complexity index is 1240. The molecule has 1 aromatic heterocycles. The molecule has 3 rings (SSSR count). The fourth-order valence-corrected chi connectivity index (χ4v) is 5.69. The maximum atomic E-state index is 13.4. The second kappa shape index (κ2) is 12.0. The second-order valence-electron chi connectivity index (χ2n) is 7.83. The molecule has 35 heavy (non-hydrogen) atoms. The minimum Gasteiger partial charge on any atom is -0.383 e. The van der Waals surface area contributed by atoms with Crippen molar-refractivity contribution in [3.63, 3.8) is 0 Å². The number of non-ortho nitro benzene ring substituents is 1. The van der Waals surface area contributed by atoms with Crippen LogP contribution in [-0.2, 0) is 32.6 Å². The van der Waals surface area contributed by atoms with Crippen LogP contribution in [0.3, 0.4) is 0 Å². The lowest BCUT2D eigenvalue weighted by molar-refractivity contribution is -0.384. The first-order valence-corrected chi connectivity index (χ1v) is 13.1. The van der Waals surface area contributed by atoms with Gasteiger partial charge in [0.25, 0.3) is 5.69 Å². The summed E-state index contributed by atoms with van der Waals surface area (Å²) in [5.74, 6) is -0.360. The number of carbonyl (C=O) groups is 1. The van der Waals surface area contributed by atoms with Crippen molar-refractivity contribution in [2.75, 3.05) is 26.8 Å². The van der Waals surface area contributed by atoms with Crippen molar-refractivity contribution >= 4 is 33.0 Å². The summed E-state index contributed by atoms with van der Waals surface area (Å²) in [6.07, 6.45) is 0. The lowest BCUT2D eigenvalue weighted by atomic mass is 10.2. The topological polar surface area (TPSA) is 110 Å². The maximum absolute atomic E-state index is 13.4. The number of benzene rings is 2. The van der Waals surface area contributed by atoms with Crippen LogP contribution in [0.2, 0.25) is 0 Å². The first-order chi connectivity index (χ1) is 16.7. The Hall–Kier alpha value is -3.12. The average Bonchev–Trinajstić information content (AvgIpc) is 3.26. The monoisotopic (exact) mass is 517 g/mol. The van der Waals surface area contributed by atoms with Crippen LogP contribution in [0.5, 0.6) is 0 Å². The number of hydrogen-bond acceptors (Lipinski definition) is 7. The van der Waals surface area contributed by atoms with E-state index >= 15 is 0 Å². The van der Waals surface area contributed by atoms with E-state index in [2.05, 4.69) is 0 Å². The van der Waals surface area contributed by atoms with Gasteiger partial charge < -0.3 is 9.64 Å². The van der Waals surface area contributed by atoms with Gasteiger partial charge >= 0.3 is 0 Å². The van der Waals surface area contributed by atoms with Gasteiger partial charge in [-0.15, -0.1) is 11.3 Å². The Morgan fingerprint density at radius 2 is 1.71 bits per heavy atom. The lowest BCUT2D eigenvalue weighted by Crippen LogP contribution is -2.43. The highest BCUT2D eigenvalue weighted by atomic mass is 32.2. The molecule has 0 aliphatic heterocycles. The van der Waals surface area contributed by atoms with Crippen molar-refractivity contribution in [1.29, 1.82) is 0 Å². The van der Waals surface area contributed by atoms with Crippen molar-refractivity contribution in [3.8, 4) is 0 Å². The number of thiophene rings is 1. The number of amides is 1. The van der Waals surface area contributed by atoms with Gasteiger partial charge in [-0.25, -0.2) is 8.42 Å². The number of nitro benzene ring substituents is 1. The minimum atomic E-state index is -4.10. The van der Waals surface area contributed by atoms with Gasteiger partial charge in [-0.2, -0.15) is 4.31 Å². The van der Waals surface area contributed by atoms with Crippen molar-refractivity contribution in [1.82, 2.24) is 9.21 Å². The van der Waals surface area contributed by atoms with Crippen LogP contribution in [0, 0.1) is 17.0 Å². The number of ether oxygens (including phenoxy) is 1. The largest absolute Gasteiger partial charge is 0.383 e. The second-order valence-corrected chi connectivity index (χ2v) is 11.1. The van der Waals surface area contributed by atoms with Crippen LogP contribution in [-0.4, -0.2) is 55.3 Å². The fraction of sp³-hybridized carbons (Fsp3) is 0.292. The summed E-state index contributed by atoms with van der Waals surface area (Å²) in [6, 6.07) is 18.0. The number of sulfonamides is 1. The predicted molar refractivity (Wildman–Crippen MR) is 133 cm³/mol. The van der Waals surface area contributed by atoms with Crippen molar-refractivity contribution in [3.05, 3.63) is 92.2 Å². The third-order valence-corrected chi connectivity index (χ3v) is 8.10.